The van der Waals surface area contributed by atoms with Gasteiger partial charge in [-0.05, 0) is 29.8 Å². The first kappa shape index (κ1) is 20.9. The van der Waals surface area contributed by atoms with E-state index in [0.29, 0.717) is 27.5 Å². The van der Waals surface area contributed by atoms with Crippen molar-refractivity contribution in [1.82, 2.24) is 10.9 Å². The van der Waals surface area contributed by atoms with Gasteiger partial charge >= 0.3 is 0 Å². The number of hydrazine groups is 1. The van der Waals surface area contributed by atoms with Crippen molar-refractivity contribution in [2.24, 2.45) is 4.99 Å². The molecule has 4 rings (SSSR count). The summed E-state index contributed by atoms with van der Waals surface area (Å²) in [6.45, 7) is 0. The van der Waals surface area contributed by atoms with Crippen LogP contribution in [0.3, 0.4) is 0 Å². The molecular formula is C25H17ClN4O2. The molecule has 156 valence electrons. The Morgan fingerprint density at radius 3 is 2.19 bits per heavy atom. The highest BCUT2D eigenvalue weighted by molar-refractivity contribution is 6.30. The first-order chi connectivity index (χ1) is 15.7. The molecule has 0 aliphatic carbocycles. The van der Waals surface area contributed by atoms with E-state index < -0.39 is 0 Å². The minimum Gasteiger partial charge on any atom is -0.436 e. The van der Waals surface area contributed by atoms with Crippen molar-refractivity contribution < 1.29 is 9.21 Å². The van der Waals surface area contributed by atoms with Crippen molar-refractivity contribution in [2.45, 2.75) is 0 Å². The summed E-state index contributed by atoms with van der Waals surface area (Å²) in [4.78, 5) is 16.4. The number of hydrogen-bond donors (Lipinski definition) is 2. The van der Waals surface area contributed by atoms with Gasteiger partial charge in [0, 0.05) is 21.7 Å². The van der Waals surface area contributed by atoms with Gasteiger partial charge in [-0.15, -0.1) is 0 Å². The molecule has 0 saturated carbocycles. The molecule has 1 amide bonds. The summed E-state index contributed by atoms with van der Waals surface area (Å²) < 4.78 is 5.99. The van der Waals surface area contributed by atoms with E-state index >= 15 is 0 Å². The third kappa shape index (κ3) is 4.53. The maximum atomic E-state index is 12.2. The Morgan fingerprint density at radius 1 is 0.938 bits per heavy atom. The molecule has 0 unspecified atom stereocenters. The van der Waals surface area contributed by atoms with Crippen LogP contribution in [0.15, 0.2) is 94.3 Å². The van der Waals surface area contributed by atoms with E-state index in [-0.39, 0.29) is 11.8 Å². The second-order valence-electron chi connectivity index (χ2n) is 6.69. The molecule has 0 spiro atoms. The number of benzene rings is 3. The molecule has 0 aliphatic heterocycles. The van der Waals surface area contributed by atoms with Crippen molar-refractivity contribution in [3.05, 3.63) is 101 Å². The van der Waals surface area contributed by atoms with Crippen molar-refractivity contribution >= 4 is 29.7 Å². The Hall–Kier alpha value is -4.34. The number of carbonyl (C=O) groups is 1. The van der Waals surface area contributed by atoms with Gasteiger partial charge in [-0.3, -0.25) is 15.6 Å². The SMILES string of the molecule is N#Cc1c(/N=C\NNC(=O)c2ccc(Cl)cc2)oc(-c2ccccc2)c1-c1ccccc1. The molecule has 2 N–H and O–H groups in total. The molecule has 1 heterocycles. The average molecular weight is 441 g/mol. The van der Waals surface area contributed by atoms with Crippen LogP contribution in [0.5, 0.6) is 0 Å². The molecule has 7 heteroatoms. The van der Waals surface area contributed by atoms with Gasteiger partial charge in [-0.2, -0.15) is 5.26 Å². The molecule has 0 saturated heterocycles. The first-order valence-electron chi connectivity index (χ1n) is 9.69. The van der Waals surface area contributed by atoms with E-state index in [4.69, 9.17) is 16.0 Å². The van der Waals surface area contributed by atoms with E-state index in [1.165, 1.54) is 6.34 Å². The molecule has 4 aromatic rings. The van der Waals surface area contributed by atoms with Crippen LogP contribution in [0.2, 0.25) is 5.02 Å². The van der Waals surface area contributed by atoms with E-state index in [1.807, 2.05) is 60.7 Å². The zero-order valence-electron chi connectivity index (χ0n) is 16.7. The van der Waals surface area contributed by atoms with Gasteiger partial charge < -0.3 is 4.42 Å². The van der Waals surface area contributed by atoms with Crippen LogP contribution in [0.4, 0.5) is 5.88 Å². The van der Waals surface area contributed by atoms with Crippen molar-refractivity contribution in [1.29, 1.82) is 5.26 Å². The monoisotopic (exact) mass is 440 g/mol. The average Bonchev–Trinajstić information content (AvgIpc) is 3.21. The zero-order chi connectivity index (χ0) is 22.3. The van der Waals surface area contributed by atoms with E-state index in [9.17, 15) is 10.1 Å². The maximum Gasteiger partial charge on any atom is 0.269 e. The van der Waals surface area contributed by atoms with Gasteiger partial charge in [0.15, 0.2) is 0 Å². The molecule has 1 aromatic heterocycles. The van der Waals surface area contributed by atoms with Gasteiger partial charge in [0.2, 0.25) is 5.88 Å². The summed E-state index contributed by atoms with van der Waals surface area (Å²) in [5, 5.41) is 10.4. The summed E-state index contributed by atoms with van der Waals surface area (Å²) in [6.07, 6.45) is 1.26. The molecule has 0 fully saturated rings. The fraction of sp³-hybridized carbons (Fsp3) is 0. The highest BCUT2D eigenvalue weighted by Gasteiger charge is 2.22. The number of amides is 1. The molecule has 0 aliphatic rings. The normalized spacial score (nSPS) is 10.6. The number of furan rings is 1. The number of hydrogen-bond acceptors (Lipinski definition) is 4. The van der Waals surface area contributed by atoms with Gasteiger partial charge in [-0.25, -0.2) is 4.99 Å². The topological polar surface area (TPSA) is 90.4 Å². The van der Waals surface area contributed by atoms with Gasteiger partial charge in [0.1, 0.15) is 23.7 Å². The second kappa shape index (κ2) is 9.65. The van der Waals surface area contributed by atoms with Gasteiger partial charge in [-0.1, -0.05) is 72.3 Å². The predicted molar refractivity (Wildman–Crippen MR) is 125 cm³/mol. The van der Waals surface area contributed by atoms with Crippen molar-refractivity contribution in [3.8, 4) is 28.5 Å². The van der Waals surface area contributed by atoms with E-state index in [2.05, 4.69) is 21.9 Å². The molecule has 32 heavy (non-hydrogen) atoms. The third-order valence-corrected chi connectivity index (χ3v) is 4.89. The Kier molecular flexibility index (Phi) is 6.30. The standard InChI is InChI=1S/C25H17ClN4O2/c26-20-13-11-19(12-14-20)24(31)30-29-16-28-25-21(15-27)22(17-7-3-1-4-8-17)23(32-25)18-9-5-2-6-10-18/h1-14,16H,(H,28,29)(H,30,31). The zero-order valence-corrected chi connectivity index (χ0v) is 17.5. The van der Waals surface area contributed by atoms with Gasteiger partial charge in [0.25, 0.3) is 5.91 Å². The van der Waals surface area contributed by atoms with Crippen LogP contribution >= 0.6 is 11.6 Å². The van der Waals surface area contributed by atoms with Crippen molar-refractivity contribution in [3.63, 3.8) is 0 Å². The summed E-state index contributed by atoms with van der Waals surface area (Å²) in [7, 11) is 0. The summed E-state index contributed by atoms with van der Waals surface area (Å²) >= 11 is 5.84. The number of nitriles is 1. The van der Waals surface area contributed by atoms with Crippen LogP contribution in [-0.2, 0) is 0 Å². The number of nitrogens with zero attached hydrogens (tertiary/aromatic N) is 2. The van der Waals surface area contributed by atoms with Crippen LogP contribution < -0.4 is 10.9 Å². The Bertz CT molecular complexity index is 1290. The highest BCUT2D eigenvalue weighted by atomic mass is 35.5. The predicted octanol–water partition coefficient (Wildman–Crippen LogP) is 5.73. The fourth-order valence-corrected chi connectivity index (χ4v) is 3.28. The Balaban J connectivity index is 1.61. The molecule has 6 nitrogen and oxygen atoms in total. The highest BCUT2D eigenvalue weighted by Crippen LogP contribution is 2.42. The van der Waals surface area contributed by atoms with Crippen molar-refractivity contribution in [2.75, 3.05) is 0 Å². The van der Waals surface area contributed by atoms with E-state index in [0.717, 1.165) is 11.1 Å². The quantitative estimate of drug-likeness (QED) is 0.227. The van der Waals surface area contributed by atoms with E-state index in [1.54, 1.807) is 24.3 Å². The minimum atomic E-state index is -0.358. The largest absolute Gasteiger partial charge is 0.436 e. The lowest BCUT2D eigenvalue weighted by Crippen LogP contribution is -2.36. The van der Waals surface area contributed by atoms with Crippen LogP contribution in [0.25, 0.3) is 22.5 Å². The minimum absolute atomic E-state index is 0.137. The summed E-state index contributed by atoms with van der Waals surface area (Å²) in [6, 6.07) is 27.7. The lowest BCUT2D eigenvalue weighted by molar-refractivity contribution is 0.0944. The summed E-state index contributed by atoms with van der Waals surface area (Å²) in [5.41, 5.74) is 8.19. The molecule has 0 bridgehead atoms. The molecule has 3 aromatic carbocycles. The van der Waals surface area contributed by atoms with Crippen LogP contribution in [0.1, 0.15) is 15.9 Å². The number of carbonyl (C=O) groups excluding carboxylic acids is 1. The third-order valence-electron chi connectivity index (χ3n) is 4.64. The second-order valence-corrected chi connectivity index (χ2v) is 7.13. The number of nitrogens with one attached hydrogen (secondary N) is 2. The Labute approximate surface area is 189 Å². The molecule has 0 radical (unpaired) electrons. The van der Waals surface area contributed by atoms with Crippen LogP contribution in [-0.4, -0.2) is 12.2 Å². The lowest BCUT2D eigenvalue weighted by Gasteiger charge is -2.03. The summed E-state index contributed by atoms with van der Waals surface area (Å²) in [5.74, 6) is 0.326. The first-order valence-corrected chi connectivity index (χ1v) is 10.1. The maximum absolute atomic E-state index is 12.2. The molecular weight excluding hydrogens is 424 g/mol. The molecule has 0 atom stereocenters. The van der Waals surface area contributed by atoms with Gasteiger partial charge in [0.05, 0.1) is 0 Å². The van der Waals surface area contributed by atoms with Crippen LogP contribution in [0, 0.1) is 11.3 Å². The lowest BCUT2D eigenvalue weighted by atomic mass is 9.98. The Morgan fingerprint density at radius 2 is 1.56 bits per heavy atom. The smallest absolute Gasteiger partial charge is 0.269 e. The number of aliphatic imine (C=N–C) groups is 1. The number of rotatable bonds is 6. The fourth-order valence-electron chi connectivity index (χ4n) is 3.15. The number of halogens is 1.